The SMILES string of the molecule is Nc1[nH]nc2nc(NC(=O)C3CC3)sc12. The third-order valence-electron chi connectivity index (χ3n) is 2.31. The Hall–Kier alpha value is -1.63. The van der Waals surface area contributed by atoms with Crippen LogP contribution in [-0.2, 0) is 4.79 Å². The zero-order valence-corrected chi connectivity index (χ0v) is 8.60. The van der Waals surface area contributed by atoms with Gasteiger partial charge in [-0.1, -0.05) is 11.3 Å². The van der Waals surface area contributed by atoms with E-state index in [2.05, 4.69) is 20.5 Å². The molecule has 1 saturated carbocycles. The maximum atomic E-state index is 11.5. The first-order valence-electron chi connectivity index (χ1n) is 4.65. The Bertz CT molecular complexity index is 526. The number of H-pyrrole nitrogens is 1. The average Bonchev–Trinajstić information content (AvgIpc) is 2.90. The van der Waals surface area contributed by atoms with Gasteiger partial charge < -0.3 is 11.1 Å². The Kier molecular flexibility index (Phi) is 1.69. The summed E-state index contributed by atoms with van der Waals surface area (Å²) in [4.78, 5) is 15.6. The number of nitrogens with two attached hydrogens (primary N) is 1. The molecule has 78 valence electrons. The van der Waals surface area contributed by atoms with Crippen molar-refractivity contribution in [3.05, 3.63) is 0 Å². The van der Waals surface area contributed by atoms with Gasteiger partial charge >= 0.3 is 0 Å². The van der Waals surface area contributed by atoms with Crippen molar-refractivity contribution in [1.29, 1.82) is 0 Å². The van der Waals surface area contributed by atoms with Gasteiger partial charge in [-0.05, 0) is 12.8 Å². The molecule has 0 radical (unpaired) electrons. The molecule has 0 unspecified atom stereocenters. The molecule has 1 amide bonds. The molecule has 6 nitrogen and oxygen atoms in total. The first-order valence-corrected chi connectivity index (χ1v) is 5.47. The fraction of sp³-hybridized carbons (Fsp3) is 0.375. The summed E-state index contributed by atoms with van der Waals surface area (Å²) in [7, 11) is 0. The highest BCUT2D eigenvalue weighted by molar-refractivity contribution is 7.22. The first-order chi connectivity index (χ1) is 7.24. The Morgan fingerprint density at radius 1 is 1.60 bits per heavy atom. The van der Waals surface area contributed by atoms with Crippen molar-refractivity contribution in [3.8, 4) is 0 Å². The number of aromatic amines is 1. The number of rotatable bonds is 2. The number of anilines is 2. The molecule has 0 saturated heterocycles. The van der Waals surface area contributed by atoms with Crippen molar-refractivity contribution in [2.24, 2.45) is 5.92 Å². The third kappa shape index (κ3) is 1.44. The molecule has 2 aromatic rings. The summed E-state index contributed by atoms with van der Waals surface area (Å²) < 4.78 is 0.793. The second-order valence-electron chi connectivity index (χ2n) is 3.57. The molecule has 0 aliphatic heterocycles. The van der Waals surface area contributed by atoms with E-state index >= 15 is 0 Å². The van der Waals surface area contributed by atoms with E-state index in [4.69, 9.17) is 5.73 Å². The van der Waals surface area contributed by atoms with Gasteiger partial charge in [-0.25, -0.2) is 0 Å². The monoisotopic (exact) mass is 223 g/mol. The van der Waals surface area contributed by atoms with Crippen LogP contribution in [0, 0.1) is 5.92 Å². The number of carbonyl (C=O) groups is 1. The van der Waals surface area contributed by atoms with Gasteiger partial charge in [-0.2, -0.15) is 10.1 Å². The second kappa shape index (κ2) is 2.93. The van der Waals surface area contributed by atoms with Crippen molar-refractivity contribution in [2.45, 2.75) is 12.8 Å². The van der Waals surface area contributed by atoms with Gasteiger partial charge in [0.2, 0.25) is 5.91 Å². The lowest BCUT2D eigenvalue weighted by Crippen LogP contribution is -2.12. The van der Waals surface area contributed by atoms with Crippen molar-refractivity contribution >= 4 is 38.5 Å². The molecule has 4 N–H and O–H groups in total. The van der Waals surface area contributed by atoms with E-state index in [1.165, 1.54) is 11.3 Å². The zero-order valence-electron chi connectivity index (χ0n) is 7.78. The maximum Gasteiger partial charge on any atom is 0.229 e. The van der Waals surface area contributed by atoms with Crippen molar-refractivity contribution in [3.63, 3.8) is 0 Å². The molecular formula is C8H9N5OS. The molecule has 0 bridgehead atoms. The predicted molar refractivity (Wildman–Crippen MR) is 57.5 cm³/mol. The van der Waals surface area contributed by atoms with Crippen LogP contribution in [0.2, 0.25) is 0 Å². The molecule has 0 aromatic carbocycles. The lowest BCUT2D eigenvalue weighted by atomic mass is 10.4. The fourth-order valence-electron chi connectivity index (χ4n) is 1.33. The van der Waals surface area contributed by atoms with Gasteiger partial charge in [0.25, 0.3) is 0 Å². The summed E-state index contributed by atoms with van der Waals surface area (Å²) in [5.41, 5.74) is 6.19. The van der Waals surface area contributed by atoms with E-state index in [1.807, 2.05) is 0 Å². The fourth-order valence-corrected chi connectivity index (χ4v) is 2.15. The van der Waals surface area contributed by atoms with Crippen LogP contribution < -0.4 is 11.1 Å². The molecular weight excluding hydrogens is 214 g/mol. The van der Waals surface area contributed by atoms with Gasteiger partial charge in [-0.3, -0.25) is 9.89 Å². The Morgan fingerprint density at radius 3 is 3.07 bits per heavy atom. The molecule has 2 heterocycles. The van der Waals surface area contributed by atoms with Crippen LogP contribution in [0.25, 0.3) is 10.3 Å². The molecule has 1 aliphatic rings. The van der Waals surface area contributed by atoms with Crippen LogP contribution in [-0.4, -0.2) is 21.1 Å². The maximum absolute atomic E-state index is 11.5. The average molecular weight is 223 g/mol. The van der Waals surface area contributed by atoms with E-state index in [9.17, 15) is 4.79 Å². The number of aromatic nitrogens is 3. The molecule has 1 aliphatic carbocycles. The Balaban J connectivity index is 1.87. The molecule has 2 aromatic heterocycles. The minimum Gasteiger partial charge on any atom is -0.383 e. The van der Waals surface area contributed by atoms with Crippen LogP contribution in [0.3, 0.4) is 0 Å². The standard InChI is InChI=1S/C8H9N5OS/c9-5-4-6(13-12-5)10-8(15-4)11-7(14)3-1-2-3/h3H,1-2H2,(H4,9,10,11,12,13,14). The number of hydrogen-bond acceptors (Lipinski definition) is 5. The minimum atomic E-state index is 0.0500. The van der Waals surface area contributed by atoms with Gasteiger partial charge in [0, 0.05) is 5.92 Å². The van der Waals surface area contributed by atoms with Gasteiger partial charge in [-0.15, -0.1) is 0 Å². The number of nitrogens with one attached hydrogen (secondary N) is 2. The number of nitrogens with zero attached hydrogens (tertiary/aromatic N) is 2. The van der Waals surface area contributed by atoms with Crippen LogP contribution in [0.4, 0.5) is 10.9 Å². The molecule has 0 spiro atoms. The number of thiazole rings is 1. The lowest BCUT2D eigenvalue weighted by Gasteiger charge is -1.96. The summed E-state index contributed by atoms with van der Waals surface area (Å²) in [6.45, 7) is 0. The van der Waals surface area contributed by atoms with Crippen LogP contribution in [0.1, 0.15) is 12.8 Å². The van der Waals surface area contributed by atoms with Gasteiger partial charge in [0.15, 0.2) is 10.8 Å². The smallest absolute Gasteiger partial charge is 0.229 e. The summed E-state index contributed by atoms with van der Waals surface area (Å²) in [6.07, 6.45) is 1.97. The largest absolute Gasteiger partial charge is 0.383 e. The van der Waals surface area contributed by atoms with E-state index in [0.717, 1.165) is 17.5 Å². The molecule has 0 atom stereocenters. The Morgan fingerprint density at radius 2 is 2.40 bits per heavy atom. The number of amides is 1. The second-order valence-corrected chi connectivity index (χ2v) is 4.57. The van der Waals surface area contributed by atoms with E-state index in [1.54, 1.807) is 0 Å². The summed E-state index contributed by atoms with van der Waals surface area (Å²) >= 11 is 1.34. The first kappa shape index (κ1) is 8.66. The van der Waals surface area contributed by atoms with Gasteiger partial charge in [0.05, 0.1) is 0 Å². The highest BCUT2D eigenvalue weighted by atomic mass is 32.1. The molecule has 15 heavy (non-hydrogen) atoms. The quantitative estimate of drug-likeness (QED) is 0.706. The normalized spacial score (nSPS) is 15.7. The third-order valence-corrected chi connectivity index (χ3v) is 3.31. The molecule has 1 fully saturated rings. The number of nitrogen functional groups attached to an aromatic ring is 1. The minimum absolute atomic E-state index is 0.0500. The topological polar surface area (TPSA) is 96.7 Å². The van der Waals surface area contributed by atoms with Crippen LogP contribution in [0.5, 0.6) is 0 Å². The molecule has 3 rings (SSSR count). The zero-order chi connectivity index (χ0) is 10.4. The van der Waals surface area contributed by atoms with E-state index < -0.39 is 0 Å². The summed E-state index contributed by atoms with van der Waals surface area (Å²) in [5, 5.41) is 9.88. The van der Waals surface area contributed by atoms with Crippen molar-refractivity contribution in [2.75, 3.05) is 11.1 Å². The highest BCUT2D eigenvalue weighted by Crippen LogP contribution is 2.32. The summed E-state index contributed by atoms with van der Waals surface area (Å²) in [5.74, 6) is 0.725. The number of carbonyl (C=O) groups excluding carboxylic acids is 1. The highest BCUT2D eigenvalue weighted by Gasteiger charge is 2.30. The molecule has 7 heteroatoms. The van der Waals surface area contributed by atoms with Crippen LogP contribution >= 0.6 is 11.3 Å². The number of hydrogen-bond donors (Lipinski definition) is 3. The van der Waals surface area contributed by atoms with Crippen molar-refractivity contribution < 1.29 is 4.79 Å². The van der Waals surface area contributed by atoms with Gasteiger partial charge in [0.1, 0.15) is 10.5 Å². The van der Waals surface area contributed by atoms with Crippen LogP contribution in [0.15, 0.2) is 0 Å². The number of fused-ring (bicyclic) bond motifs is 1. The van der Waals surface area contributed by atoms with E-state index in [-0.39, 0.29) is 11.8 Å². The van der Waals surface area contributed by atoms with E-state index in [0.29, 0.717) is 16.6 Å². The summed E-state index contributed by atoms with van der Waals surface area (Å²) in [6, 6.07) is 0. The lowest BCUT2D eigenvalue weighted by molar-refractivity contribution is -0.117. The predicted octanol–water partition coefficient (Wildman–Crippen LogP) is 0.950. The Labute approximate surface area is 88.9 Å². The van der Waals surface area contributed by atoms with Crippen molar-refractivity contribution in [1.82, 2.24) is 15.2 Å².